The lowest BCUT2D eigenvalue weighted by Gasteiger charge is -2.40. The Labute approximate surface area is 170 Å². The second-order valence-electron chi connectivity index (χ2n) is 7.60. The summed E-state index contributed by atoms with van der Waals surface area (Å²) in [6.07, 6.45) is 1.35. The molecule has 5 nitrogen and oxygen atoms in total. The molecule has 0 spiro atoms. The zero-order valence-corrected chi connectivity index (χ0v) is 17.8. The van der Waals surface area contributed by atoms with Gasteiger partial charge < -0.3 is 0 Å². The zero-order valence-electron chi connectivity index (χ0n) is 16.2. The van der Waals surface area contributed by atoms with E-state index in [1.54, 1.807) is 12.1 Å². The van der Waals surface area contributed by atoms with Gasteiger partial charge in [0.25, 0.3) is 0 Å². The molecule has 9 heteroatoms. The highest BCUT2D eigenvalue weighted by Gasteiger charge is 2.50. The van der Waals surface area contributed by atoms with Crippen molar-refractivity contribution in [3.8, 4) is 0 Å². The molecule has 0 radical (unpaired) electrons. The molecule has 1 fully saturated rings. The molecule has 1 N–H and O–H groups in total. The number of nitrogens with one attached hydrogen (secondary N) is 1. The highest BCUT2D eigenvalue weighted by molar-refractivity contribution is 7.92. The van der Waals surface area contributed by atoms with Crippen molar-refractivity contribution in [3.05, 3.63) is 65.2 Å². The van der Waals surface area contributed by atoms with Crippen molar-refractivity contribution in [1.82, 2.24) is 4.72 Å². The number of aryl methyl sites for hydroxylation is 1. The first-order valence-electron chi connectivity index (χ1n) is 9.19. The predicted molar refractivity (Wildman–Crippen MR) is 107 cm³/mol. The lowest BCUT2D eigenvalue weighted by atomic mass is 9.80. The van der Waals surface area contributed by atoms with Gasteiger partial charge in [-0.15, -0.1) is 0 Å². The molecule has 0 bridgehead atoms. The van der Waals surface area contributed by atoms with Crippen LogP contribution in [0.2, 0.25) is 0 Å². The second kappa shape index (κ2) is 7.77. The Morgan fingerprint density at radius 3 is 2.10 bits per heavy atom. The van der Waals surface area contributed by atoms with Gasteiger partial charge in [-0.25, -0.2) is 30.3 Å². The number of hydrogen-bond donors (Lipinski definition) is 1. The molecular weight excluding hydrogens is 420 g/mol. The average Bonchev–Trinajstić information content (AvgIpc) is 2.63. The molecule has 0 atom stereocenters. The fourth-order valence-electron chi connectivity index (χ4n) is 3.98. The third-order valence-corrected chi connectivity index (χ3v) is 8.75. The van der Waals surface area contributed by atoms with Gasteiger partial charge in [-0.3, -0.25) is 0 Å². The van der Waals surface area contributed by atoms with Crippen LogP contribution in [0.25, 0.3) is 0 Å². The van der Waals surface area contributed by atoms with Crippen LogP contribution in [0.4, 0.5) is 8.78 Å². The lowest BCUT2D eigenvalue weighted by Crippen LogP contribution is -2.46. The van der Waals surface area contributed by atoms with Crippen molar-refractivity contribution in [1.29, 1.82) is 0 Å². The van der Waals surface area contributed by atoms with Crippen molar-refractivity contribution < 1.29 is 25.6 Å². The number of sulfonamides is 1. The van der Waals surface area contributed by atoms with Crippen LogP contribution < -0.4 is 4.72 Å². The highest BCUT2D eigenvalue weighted by atomic mass is 32.2. The van der Waals surface area contributed by atoms with E-state index < -0.39 is 42.3 Å². The molecule has 29 heavy (non-hydrogen) atoms. The number of halogens is 2. The summed E-state index contributed by atoms with van der Waals surface area (Å²) in [7, 11) is -7.55. The molecule has 0 aromatic heterocycles. The van der Waals surface area contributed by atoms with Gasteiger partial charge in [0.2, 0.25) is 10.0 Å². The van der Waals surface area contributed by atoms with Crippen LogP contribution in [0, 0.1) is 18.6 Å². The van der Waals surface area contributed by atoms with Gasteiger partial charge >= 0.3 is 0 Å². The third-order valence-electron chi connectivity index (χ3n) is 5.44. The maximum Gasteiger partial charge on any atom is 0.208 e. The van der Waals surface area contributed by atoms with Crippen molar-refractivity contribution in [2.75, 3.05) is 6.26 Å². The first-order chi connectivity index (χ1) is 13.4. The molecule has 0 aliphatic heterocycles. The Morgan fingerprint density at radius 1 is 0.966 bits per heavy atom. The van der Waals surface area contributed by atoms with Crippen LogP contribution >= 0.6 is 0 Å². The fraction of sp³-hybridized carbons (Fsp3) is 0.400. The van der Waals surface area contributed by atoms with Gasteiger partial charge in [-0.2, -0.15) is 0 Å². The predicted octanol–water partition coefficient (Wildman–Crippen LogP) is 3.43. The van der Waals surface area contributed by atoms with Gasteiger partial charge in [0.05, 0.1) is 11.2 Å². The fourth-order valence-corrected chi connectivity index (χ4v) is 6.98. The monoisotopic (exact) mass is 443 g/mol. The van der Waals surface area contributed by atoms with Crippen LogP contribution in [0.1, 0.15) is 36.8 Å². The molecule has 2 aromatic carbocycles. The van der Waals surface area contributed by atoms with Gasteiger partial charge in [0.1, 0.15) is 16.4 Å². The van der Waals surface area contributed by atoms with Gasteiger partial charge in [0.15, 0.2) is 9.84 Å². The summed E-state index contributed by atoms with van der Waals surface area (Å²) >= 11 is 0. The second-order valence-corrected chi connectivity index (χ2v) is 11.6. The molecule has 1 aliphatic carbocycles. The molecule has 2 aromatic rings. The van der Waals surface area contributed by atoms with E-state index in [0.29, 0.717) is 0 Å². The summed E-state index contributed by atoms with van der Waals surface area (Å²) in [5.74, 6) is -1.52. The minimum Gasteiger partial charge on any atom is -0.223 e. The van der Waals surface area contributed by atoms with E-state index in [0.717, 1.165) is 30.0 Å². The van der Waals surface area contributed by atoms with Gasteiger partial charge in [-0.05, 0) is 62.9 Å². The van der Waals surface area contributed by atoms with Crippen molar-refractivity contribution >= 4 is 19.9 Å². The normalized spacial score (nSPS) is 23.1. The van der Waals surface area contributed by atoms with Crippen molar-refractivity contribution in [2.24, 2.45) is 0 Å². The summed E-state index contributed by atoms with van der Waals surface area (Å²) in [5.41, 5.74) is 0.659. The minimum atomic E-state index is -4.08. The van der Waals surface area contributed by atoms with Crippen molar-refractivity contribution in [3.63, 3.8) is 0 Å². The summed E-state index contributed by atoms with van der Waals surface area (Å²) in [6.45, 7) is 1.82. The zero-order chi connectivity index (χ0) is 21.4. The summed E-state index contributed by atoms with van der Waals surface area (Å²) in [4.78, 5) is 0.0290. The smallest absolute Gasteiger partial charge is 0.208 e. The van der Waals surface area contributed by atoms with Crippen LogP contribution in [-0.4, -0.2) is 29.1 Å². The van der Waals surface area contributed by atoms with Crippen molar-refractivity contribution in [2.45, 2.75) is 48.3 Å². The number of rotatable bonds is 5. The van der Waals surface area contributed by atoms with Crippen LogP contribution in [-0.2, 0) is 24.6 Å². The summed E-state index contributed by atoms with van der Waals surface area (Å²) in [6, 6.07) is 8.58. The molecule has 0 saturated heterocycles. The highest BCUT2D eigenvalue weighted by Crippen LogP contribution is 2.48. The largest absolute Gasteiger partial charge is 0.223 e. The van der Waals surface area contributed by atoms with E-state index in [9.17, 15) is 25.6 Å². The van der Waals surface area contributed by atoms with E-state index in [4.69, 9.17) is 0 Å². The molecular formula is C20H23F2NO4S2. The first-order valence-corrected chi connectivity index (χ1v) is 12.6. The first kappa shape index (κ1) is 21.9. The average molecular weight is 444 g/mol. The number of benzene rings is 2. The Balaban J connectivity index is 2.11. The Morgan fingerprint density at radius 2 is 1.55 bits per heavy atom. The number of hydrogen-bond acceptors (Lipinski definition) is 4. The maximum absolute atomic E-state index is 14.7. The standard InChI is InChI=1S/C20H23F2NO4S2/c1-14-3-6-17(7-4-14)29(26,27)20(18-13-15(21)5-8-19(18)22)11-9-16(10-12-20)23-28(2,24)25/h3-8,13,16,23H,9-12H2,1-2H3. The maximum atomic E-state index is 14.7. The Kier molecular flexibility index (Phi) is 5.86. The quantitative estimate of drug-likeness (QED) is 0.768. The van der Waals surface area contributed by atoms with E-state index in [-0.39, 0.29) is 36.1 Å². The van der Waals surface area contributed by atoms with E-state index in [2.05, 4.69) is 4.72 Å². The molecule has 158 valence electrons. The molecule has 0 amide bonds. The SMILES string of the molecule is Cc1ccc(S(=O)(=O)C2(c3cc(F)ccc3F)CCC(NS(C)(=O)=O)CC2)cc1. The third kappa shape index (κ3) is 4.36. The number of sulfone groups is 1. The van der Waals surface area contributed by atoms with Crippen LogP contribution in [0.15, 0.2) is 47.4 Å². The molecule has 1 saturated carbocycles. The van der Waals surface area contributed by atoms with Crippen LogP contribution in [0.3, 0.4) is 0 Å². The molecule has 0 heterocycles. The summed E-state index contributed by atoms with van der Waals surface area (Å²) in [5, 5.41) is 0. The molecule has 3 rings (SSSR count). The van der Waals surface area contributed by atoms with Crippen LogP contribution in [0.5, 0.6) is 0 Å². The van der Waals surface area contributed by atoms with Gasteiger partial charge in [-0.1, -0.05) is 17.7 Å². The van der Waals surface area contributed by atoms with E-state index in [1.165, 1.54) is 12.1 Å². The topological polar surface area (TPSA) is 80.3 Å². The van der Waals surface area contributed by atoms with Gasteiger partial charge in [0, 0.05) is 11.6 Å². The summed E-state index contributed by atoms with van der Waals surface area (Å²) < 4.78 is 79.9. The Hall–Kier alpha value is -1.84. The Bertz CT molecular complexity index is 1110. The minimum absolute atomic E-state index is 0.0290. The van der Waals surface area contributed by atoms with E-state index >= 15 is 0 Å². The van der Waals surface area contributed by atoms with E-state index in [1.807, 2.05) is 6.92 Å². The lowest BCUT2D eigenvalue weighted by molar-refractivity contribution is 0.324. The molecule has 0 unspecified atom stereocenters. The molecule has 1 aliphatic rings.